The van der Waals surface area contributed by atoms with Gasteiger partial charge in [0.2, 0.25) is 11.8 Å². The van der Waals surface area contributed by atoms with Crippen LogP contribution >= 0.6 is 46.2 Å². The summed E-state index contributed by atoms with van der Waals surface area (Å²) in [6.45, 7) is 0. The van der Waals surface area contributed by atoms with Gasteiger partial charge in [-0.1, -0.05) is 35.7 Å². The predicted octanol–water partition coefficient (Wildman–Crippen LogP) is 6.15. The Morgan fingerprint density at radius 1 is 0.763 bits per heavy atom. The van der Waals surface area contributed by atoms with Gasteiger partial charge in [0.15, 0.2) is 8.68 Å². The van der Waals surface area contributed by atoms with E-state index in [9.17, 15) is 14.4 Å². The molecule has 0 radical (unpaired) electrons. The van der Waals surface area contributed by atoms with Crippen LogP contribution in [0.4, 0.5) is 11.4 Å². The summed E-state index contributed by atoms with van der Waals surface area (Å²) < 4.78 is 8.32. The van der Waals surface area contributed by atoms with Gasteiger partial charge in [0.1, 0.15) is 0 Å². The highest BCUT2D eigenvalue weighted by molar-refractivity contribution is 8.02. The standard InChI is InChI=1S/C26H20N4O4S4/c1-34-24(33)15-6-8-16(9-7-15)27-22(31)13-36-26-30-19-11-10-17(12-21(19)38-26)28-23(32)14-35-25-29-18-4-2-3-5-20(18)37-25/h2-12H,13-14H2,1H3,(H,27,31)(H,28,32). The number of benzene rings is 3. The largest absolute Gasteiger partial charge is 0.465 e. The summed E-state index contributed by atoms with van der Waals surface area (Å²) in [5, 5.41) is 5.74. The normalized spacial score (nSPS) is 11.0. The van der Waals surface area contributed by atoms with E-state index < -0.39 is 5.97 Å². The number of carbonyl (C=O) groups is 3. The third-order valence-corrected chi connectivity index (χ3v) is 9.51. The van der Waals surface area contributed by atoms with Crippen molar-refractivity contribution in [2.24, 2.45) is 0 Å². The number of esters is 1. The lowest BCUT2D eigenvalue weighted by atomic mass is 10.2. The van der Waals surface area contributed by atoms with Gasteiger partial charge >= 0.3 is 5.97 Å². The number of amides is 2. The number of anilines is 2. The molecule has 8 nitrogen and oxygen atoms in total. The number of thiazole rings is 2. The molecule has 0 saturated carbocycles. The Hall–Kier alpha value is -3.45. The van der Waals surface area contributed by atoms with Crippen molar-refractivity contribution in [3.05, 3.63) is 72.3 Å². The van der Waals surface area contributed by atoms with E-state index in [-0.39, 0.29) is 23.3 Å². The first-order valence-electron chi connectivity index (χ1n) is 11.3. The summed E-state index contributed by atoms with van der Waals surface area (Å²) in [5.74, 6) is -0.268. The first-order valence-corrected chi connectivity index (χ1v) is 14.9. The smallest absolute Gasteiger partial charge is 0.337 e. The molecule has 0 aliphatic heterocycles. The highest BCUT2D eigenvalue weighted by Crippen LogP contribution is 2.32. The van der Waals surface area contributed by atoms with E-state index in [4.69, 9.17) is 0 Å². The molecule has 0 saturated heterocycles. The zero-order valence-corrected chi connectivity index (χ0v) is 23.2. The van der Waals surface area contributed by atoms with Crippen LogP contribution in [0.2, 0.25) is 0 Å². The van der Waals surface area contributed by atoms with Gasteiger partial charge in [-0.05, 0) is 54.6 Å². The average Bonchev–Trinajstić information content (AvgIpc) is 3.54. The molecule has 2 aromatic heterocycles. The van der Waals surface area contributed by atoms with Crippen LogP contribution in [0, 0.1) is 0 Å². The second-order valence-electron chi connectivity index (χ2n) is 7.85. The molecule has 0 aliphatic rings. The van der Waals surface area contributed by atoms with E-state index in [0.717, 1.165) is 29.1 Å². The minimum Gasteiger partial charge on any atom is -0.465 e. The minimum atomic E-state index is -0.430. The number of nitrogens with zero attached hydrogens (tertiary/aromatic N) is 2. The third kappa shape index (κ3) is 6.51. The van der Waals surface area contributed by atoms with Crippen molar-refractivity contribution in [3.8, 4) is 0 Å². The summed E-state index contributed by atoms with van der Waals surface area (Å²) in [4.78, 5) is 45.5. The number of fused-ring (bicyclic) bond motifs is 2. The molecule has 0 bridgehead atoms. The van der Waals surface area contributed by atoms with Crippen LogP contribution in [0.15, 0.2) is 75.4 Å². The summed E-state index contributed by atoms with van der Waals surface area (Å²) in [6, 6.07) is 20.0. The number of aromatic nitrogens is 2. The van der Waals surface area contributed by atoms with E-state index in [1.807, 2.05) is 42.5 Å². The maximum absolute atomic E-state index is 12.5. The molecule has 12 heteroatoms. The highest BCUT2D eigenvalue weighted by atomic mass is 32.2. The molecule has 2 heterocycles. The maximum atomic E-state index is 12.5. The van der Waals surface area contributed by atoms with Crippen LogP contribution in [0.5, 0.6) is 0 Å². The number of para-hydroxylation sites is 1. The Labute approximate surface area is 234 Å². The maximum Gasteiger partial charge on any atom is 0.337 e. The number of hydrogen-bond acceptors (Lipinski definition) is 10. The molecule has 5 rings (SSSR count). The van der Waals surface area contributed by atoms with E-state index in [0.29, 0.717) is 16.9 Å². The van der Waals surface area contributed by atoms with E-state index in [1.54, 1.807) is 35.6 Å². The van der Waals surface area contributed by atoms with Gasteiger partial charge in [-0.15, -0.1) is 22.7 Å². The Morgan fingerprint density at radius 2 is 1.34 bits per heavy atom. The van der Waals surface area contributed by atoms with Crippen LogP contribution < -0.4 is 10.6 Å². The fourth-order valence-corrected chi connectivity index (χ4v) is 7.19. The summed E-state index contributed by atoms with van der Waals surface area (Å²) in [6.07, 6.45) is 0. The lowest BCUT2D eigenvalue weighted by Gasteiger charge is -2.05. The molecule has 2 amide bonds. The van der Waals surface area contributed by atoms with Gasteiger partial charge in [-0.3, -0.25) is 9.59 Å². The van der Waals surface area contributed by atoms with Gasteiger partial charge in [0.25, 0.3) is 0 Å². The Morgan fingerprint density at radius 3 is 2.00 bits per heavy atom. The Bertz CT molecular complexity index is 1600. The zero-order chi connectivity index (χ0) is 26.5. The minimum absolute atomic E-state index is 0.107. The van der Waals surface area contributed by atoms with Crippen LogP contribution in [0.25, 0.3) is 20.4 Å². The fraction of sp³-hybridized carbons (Fsp3) is 0.115. The van der Waals surface area contributed by atoms with Crippen molar-refractivity contribution >= 4 is 95.8 Å². The molecule has 0 aliphatic carbocycles. The van der Waals surface area contributed by atoms with E-state index in [2.05, 4.69) is 25.3 Å². The SMILES string of the molecule is COC(=O)c1ccc(NC(=O)CSc2nc3ccc(NC(=O)CSc4nc5ccccc5s4)cc3s2)cc1. The Kier molecular flexibility index (Phi) is 8.23. The molecule has 0 unspecified atom stereocenters. The molecule has 0 atom stereocenters. The van der Waals surface area contributed by atoms with Crippen molar-refractivity contribution in [2.45, 2.75) is 8.68 Å². The van der Waals surface area contributed by atoms with E-state index in [1.165, 1.54) is 42.0 Å². The molecular formula is C26H20N4O4S4. The van der Waals surface area contributed by atoms with E-state index >= 15 is 0 Å². The lowest BCUT2D eigenvalue weighted by Crippen LogP contribution is -2.14. The van der Waals surface area contributed by atoms with Crippen LogP contribution in [0.3, 0.4) is 0 Å². The molecule has 5 aromatic rings. The second kappa shape index (κ2) is 11.9. The van der Waals surface area contributed by atoms with Crippen LogP contribution in [-0.2, 0) is 14.3 Å². The third-order valence-electron chi connectivity index (χ3n) is 5.17. The molecule has 0 spiro atoms. The number of nitrogens with one attached hydrogen (secondary N) is 2. The quantitative estimate of drug-likeness (QED) is 0.158. The van der Waals surface area contributed by atoms with Crippen molar-refractivity contribution in [1.29, 1.82) is 0 Å². The fourth-order valence-electron chi connectivity index (χ4n) is 3.41. The molecule has 38 heavy (non-hydrogen) atoms. The molecule has 3 aromatic carbocycles. The number of thioether (sulfide) groups is 2. The number of rotatable bonds is 9. The van der Waals surface area contributed by atoms with Gasteiger partial charge in [-0.25, -0.2) is 14.8 Å². The summed E-state index contributed by atoms with van der Waals surface area (Å²) in [5.41, 5.74) is 3.45. The van der Waals surface area contributed by atoms with Crippen molar-refractivity contribution in [1.82, 2.24) is 9.97 Å². The predicted molar refractivity (Wildman–Crippen MR) is 156 cm³/mol. The second-order valence-corrected chi connectivity index (χ2v) is 12.4. The van der Waals surface area contributed by atoms with Gasteiger partial charge < -0.3 is 15.4 Å². The Balaban J connectivity index is 1.12. The average molecular weight is 581 g/mol. The monoisotopic (exact) mass is 580 g/mol. The van der Waals surface area contributed by atoms with Crippen LogP contribution in [-0.4, -0.2) is 46.4 Å². The van der Waals surface area contributed by atoms with Gasteiger partial charge in [0.05, 0.1) is 44.6 Å². The number of methoxy groups -OCH3 is 1. The molecule has 2 N–H and O–H groups in total. The summed E-state index contributed by atoms with van der Waals surface area (Å²) >= 11 is 5.79. The van der Waals surface area contributed by atoms with Gasteiger partial charge in [0, 0.05) is 11.4 Å². The lowest BCUT2D eigenvalue weighted by molar-refractivity contribution is -0.114. The van der Waals surface area contributed by atoms with Gasteiger partial charge in [-0.2, -0.15) is 0 Å². The summed E-state index contributed by atoms with van der Waals surface area (Å²) in [7, 11) is 1.32. The van der Waals surface area contributed by atoms with Crippen molar-refractivity contribution < 1.29 is 19.1 Å². The molecule has 0 fully saturated rings. The first kappa shape index (κ1) is 26.2. The van der Waals surface area contributed by atoms with Crippen LogP contribution in [0.1, 0.15) is 10.4 Å². The zero-order valence-electron chi connectivity index (χ0n) is 19.9. The highest BCUT2D eigenvalue weighted by Gasteiger charge is 2.12. The van der Waals surface area contributed by atoms with Crippen molar-refractivity contribution in [2.75, 3.05) is 29.2 Å². The van der Waals surface area contributed by atoms with Crippen molar-refractivity contribution in [3.63, 3.8) is 0 Å². The number of ether oxygens (including phenoxy) is 1. The first-order chi connectivity index (χ1) is 18.5. The molecule has 192 valence electrons. The number of hydrogen-bond donors (Lipinski definition) is 2. The topological polar surface area (TPSA) is 110 Å². The molecular weight excluding hydrogens is 561 g/mol. The number of carbonyl (C=O) groups excluding carboxylic acids is 3.